The monoisotopic (exact) mass is 567 g/mol. The van der Waals surface area contributed by atoms with Crippen LogP contribution in [0.4, 0.5) is 0 Å². The molecule has 1 atom stereocenters. The van der Waals surface area contributed by atoms with Gasteiger partial charge in [0.15, 0.2) is 7.28 Å². The Labute approximate surface area is 256 Å². The van der Waals surface area contributed by atoms with Crippen LogP contribution in [-0.4, -0.2) is 12.3 Å². The van der Waals surface area contributed by atoms with E-state index >= 15 is 0 Å². The van der Waals surface area contributed by atoms with Gasteiger partial charge in [-0.1, -0.05) is 121 Å². The quantitative estimate of drug-likeness (QED) is 0.191. The summed E-state index contributed by atoms with van der Waals surface area (Å²) in [6.45, 7) is 7.14. The maximum atomic E-state index is 3.89. The van der Waals surface area contributed by atoms with Crippen LogP contribution in [0.25, 0.3) is 53.5 Å². The molecular weight excluding hydrogens is 537 g/mol. The normalized spacial score (nSPS) is 17.6. The third kappa shape index (κ3) is 3.03. The molecule has 0 saturated carbocycles. The third-order valence-electron chi connectivity index (χ3n) is 10.7. The van der Waals surface area contributed by atoms with Gasteiger partial charge in [-0.05, 0) is 63.9 Å². The lowest BCUT2D eigenvalue weighted by atomic mass is 9.50. The molecule has 10 rings (SSSR count). The van der Waals surface area contributed by atoms with E-state index in [1.165, 1.54) is 81.1 Å². The molecule has 7 aromatic rings. The van der Waals surface area contributed by atoms with Gasteiger partial charge < -0.3 is 4.98 Å². The number of thiophene rings is 1. The molecule has 204 valence electrons. The van der Waals surface area contributed by atoms with Crippen molar-refractivity contribution >= 4 is 71.9 Å². The first-order chi connectivity index (χ1) is 21.0. The Morgan fingerprint density at radius 1 is 0.791 bits per heavy atom. The smallest absolute Gasteiger partial charge is 0.193 e. The zero-order valence-corrected chi connectivity index (χ0v) is 25.5. The van der Waals surface area contributed by atoms with Crippen LogP contribution >= 0.6 is 11.3 Å². The SMILES string of the molecule is Cc1cc(-c2cccc3c2[nH]c2sc4ccccc4c23)c2c(c1)C1CC3=C(c4cccc(c41)B2)C(C)(C)c1ccccc13. The minimum atomic E-state index is 0.0182. The Hall–Kier alpha value is -4.34. The van der Waals surface area contributed by atoms with Crippen molar-refractivity contribution in [3.8, 4) is 11.1 Å². The standard InChI is InChI=1S/C40H30BNS/c1-21-18-29(23-12-8-14-26-35-24-11-5-7-17-33(24)43-39(35)42-38(23)26)37-30(19-21)27-20-28-22-10-4-6-15-31(22)40(2,3)36(28)25-13-9-16-32(41-37)34(25)27/h4-19,27,41-42H,20H2,1-3H3. The Balaban J connectivity index is 1.21. The number of H-pyrrole nitrogens is 1. The molecule has 1 N–H and O–H groups in total. The molecule has 1 unspecified atom stereocenters. The maximum absolute atomic E-state index is 3.89. The molecule has 3 aliphatic rings. The second kappa shape index (κ2) is 8.18. The van der Waals surface area contributed by atoms with Gasteiger partial charge in [-0.3, -0.25) is 0 Å². The number of rotatable bonds is 1. The second-order valence-corrected chi connectivity index (χ2v) is 14.4. The van der Waals surface area contributed by atoms with Gasteiger partial charge in [0.1, 0.15) is 4.83 Å². The van der Waals surface area contributed by atoms with Crippen LogP contribution in [0.2, 0.25) is 0 Å². The van der Waals surface area contributed by atoms with Crippen molar-refractivity contribution in [2.24, 2.45) is 0 Å². The van der Waals surface area contributed by atoms with Gasteiger partial charge in [0, 0.05) is 37.8 Å². The number of allylic oxidation sites excluding steroid dienone is 2. The fraction of sp³-hybridized carbons (Fsp3) is 0.150. The lowest BCUT2D eigenvalue weighted by molar-refractivity contribution is 0.697. The van der Waals surface area contributed by atoms with Crippen molar-refractivity contribution in [2.75, 3.05) is 0 Å². The molecule has 3 heteroatoms. The van der Waals surface area contributed by atoms with Gasteiger partial charge in [-0.25, -0.2) is 0 Å². The first-order valence-electron chi connectivity index (χ1n) is 15.5. The van der Waals surface area contributed by atoms with E-state index < -0.39 is 0 Å². The predicted octanol–water partition coefficient (Wildman–Crippen LogP) is 8.95. The van der Waals surface area contributed by atoms with Crippen LogP contribution in [0.15, 0.2) is 97.1 Å². The van der Waals surface area contributed by atoms with Crippen molar-refractivity contribution in [1.82, 2.24) is 4.98 Å². The molecule has 43 heavy (non-hydrogen) atoms. The van der Waals surface area contributed by atoms with Crippen LogP contribution in [0.1, 0.15) is 59.6 Å². The van der Waals surface area contributed by atoms with Gasteiger partial charge in [0.05, 0.1) is 5.52 Å². The highest BCUT2D eigenvalue weighted by atomic mass is 32.1. The van der Waals surface area contributed by atoms with E-state index in [0.717, 1.165) is 13.7 Å². The Kier molecular flexibility index (Phi) is 4.59. The number of aryl methyl sites for hydroxylation is 1. The summed E-state index contributed by atoms with van der Waals surface area (Å²) in [6.07, 6.45) is 1.07. The highest BCUT2D eigenvalue weighted by Crippen LogP contribution is 2.58. The fourth-order valence-electron chi connectivity index (χ4n) is 9.03. The van der Waals surface area contributed by atoms with Crippen molar-refractivity contribution in [2.45, 2.75) is 38.5 Å². The van der Waals surface area contributed by atoms with Crippen molar-refractivity contribution in [1.29, 1.82) is 0 Å². The van der Waals surface area contributed by atoms with Gasteiger partial charge in [-0.15, -0.1) is 11.3 Å². The van der Waals surface area contributed by atoms with E-state index in [9.17, 15) is 0 Å². The van der Waals surface area contributed by atoms with E-state index in [1.807, 2.05) is 11.3 Å². The van der Waals surface area contributed by atoms with Crippen LogP contribution < -0.4 is 10.9 Å². The number of para-hydroxylation sites is 1. The molecular formula is C40H30BNS. The fourth-order valence-corrected chi connectivity index (χ4v) is 10.2. The predicted molar refractivity (Wildman–Crippen MR) is 187 cm³/mol. The molecule has 0 fully saturated rings. The summed E-state index contributed by atoms with van der Waals surface area (Å²) in [6, 6.07) is 36.9. The molecule has 0 spiro atoms. The maximum Gasteiger partial charge on any atom is 0.193 e. The molecule has 5 aromatic carbocycles. The number of benzene rings is 5. The van der Waals surface area contributed by atoms with E-state index in [4.69, 9.17) is 0 Å². The van der Waals surface area contributed by atoms with Gasteiger partial charge in [0.2, 0.25) is 0 Å². The molecule has 0 saturated heterocycles. The second-order valence-electron chi connectivity index (χ2n) is 13.4. The Morgan fingerprint density at radius 3 is 2.49 bits per heavy atom. The van der Waals surface area contributed by atoms with E-state index in [2.05, 4.69) is 123 Å². The molecule has 2 aromatic heterocycles. The summed E-state index contributed by atoms with van der Waals surface area (Å²) in [5, 5.41) is 4.05. The minimum absolute atomic E-state index is 0.0182. The summed E-state index contributed by atoms with van der Waals surface area (Å²) >= 11 is 1.87. The molecule has 1 nitrogen and oxygen atoms in total. The van der Waals surface area contributed by atoms with Crippen molar-refractivity contribution < 1.29 is 0 Å². The Morgan fingerprint density at radius 2 is 1.56 bits per heavy atom. The summed E-state index contributed by atoms with van der Waals surface area (Å²) in [7, 11) is 0.981. The van der Waals surface area contributed by atoms with Gasteiger partial charge in [-0.2, -0.15) is 0 Å². The summed E-state index contributed by atoms with van der Waals surface area (Å²) < 4.78 is 1.35. The summed E-state index contributed by atoms with van der Waals surface area (Å²) in [5.41, 5.74) is 19.0. The molecule has 1 aliphatic heterocycles. The highest BCUT2D eigenvalue weighted by Gasteiger charge is 2.45. The number of fused-ring (bicyclic) bond motifs is 10. The number of hydrogen-bond donors (Lipinski definition) is 1. The molecule has 0 amide bonds. The first-order valence-corrected chi connectivity index (χ1v) is 16.3. The zero-order valence-electron chi connectivity index (χ0n) is 24.6. The van der Waals surface area contributed by atoms with Crippen molar-refractivity contribution in [3.05, 3.63) is 130 Å². The van der Waals surface area contributed by atoms with Crippen LogP contribution in [0.3, 0.4) is 0 Å². The zero-order chi connectivity index (χ0) is 28.6. The lowest BCUT2D eigenvalue weighted by Gasteiger charge is -2.38. The molecule has 0 bridgehead atoms. The largest absolute Gasteiger partial charge is 0.346 e. The van der Waals surface area contributed by atoms with E-state index in [-0.39, 0.29) is 5.41 Å². The third-order valence-corrected chi connectivity index (χ3v) is 11.8. The van der Waals surface area contributed by atoms with E-state index in [1.54, 1.807) is 16.7 Å². The van der Waals surface area contributed by atoms with Crippen LogP contribution in [0, 0.1) is 6.92 Å². The number of aromatic amines is 1. The van der Waals surface area contributed by atoms with Crippen molar-refractivity contribution in [3.63, 3.8) is 0 Å². The van der Waals surface area contributed by atoms with Gasteiger partial charge >= 0.3 is 0 Å². The average Bonchev–Trinajstić information content (AvgIpc) is 3.64. The first kappa shape index (κ1) is 24.1. The molecule has 3 heterocycles. The highest BCUT2D eigenvalue weighted by molar-refractivity contribution is 7.25. The molecule has 2 aliphatic carbocycles. The Bertz CT molecular complexity index is 2400. The summed E-state index contributed by atoms with van der Waals surface area (Å²) in [4.78, 5) is 5.16. The van der Waals surface area contributed by atoms with Crippen LogP contribution in [0.5, 0.6) is 0 Å². The number of aromatic nitrogens is 1. The van der Waals surface area contributed by atoms with E-state index in [0.29, 0.717) is 5.92 Å². The van der Waals surface area contributed by atoms with Gasteiger partial charge in [0.25, 0.3) is 0 Å². The lowest BCUT2D eigenvalue weighted by Crippen LogP contribution is -2.42. The minimum Gasteiger partial charge on any atom is -0.346 e. The number of nitrogens with one attached hydrogen (secondary N) is 1. The van der Waals surface area contributed by atoms with Crippen LogP contribution in [-0.2, 0) is 5.41 Å². The average molecular weight is 568 g/mol. The topological polar surface area (TPSA) is 15.8 Å². The molecule has 0 radical (unpaired) electrons. The number of hydrogen-bond acceptors (Lipinski definition) is 1. The summed E-state index contributed by atoms with van der Waals surface area (Å²) in [5.74, 6) is 0.379.